The third-order valence-electron chi connectivity index (χ3n) is 4.97. The number of nitrogens with one attached hydrogen (secondary N) is 3. The van der Waals surface area contributed by atoms with Crippen LogP contribution in [0.4, 0.5) is 4.79 Å². The SMILES string of the molecule is Cl.O=C(NCCCN1C(=O)CNC1=O)C1CC2CCCCC2N1. The maximum absolute atomic E-state index is 12.2. The van der Waals surface area contributed by atoms with Crippen LogP contribution in [-0.2, 0) is 9.59 Å². The number of nitrogens with zero attached hydrogens (tertiary/aromatic N) is 1. The molecule has 3 N–H and O–H groups in total. The molecule has 2 aliphatic heterocycles. The second kappa shape index (κ2) is 7.97. The first kappa shape index (κ1) is 18.0. The minimum Gasteiger partial charge on any atom is -0.355 e. The third-order valence-corrected chi connectivity index (χ3v) is 4.97. The minimum absolute atomic E-state index is 0. The van der Waals surface area contributed by atoms with Crippen molar-refractivity contribution in [1.82, 2.24) is 20.9 Å². The number of amides is 4. The molecular formula is C15H25ClN4O3. The lowest BCUT2D eigenvalue weighted by atomic mass is 9.85. The Kier molecular flexibility index (Phi) is 6.24. The molecule has 0 aromatic carbocycles. The van der Waals surface area contributed by atoms with E-state index >= 15 is 0 Å². The molecule has 3 unspecified atom stereocenters. The summed E-state index contributed by atoms with van der Waals surface area (Å²) in [6.45, 7) is 0.928. The zero-order chi connectivity index (χ0) is 15.5. The van der Waals surface area contributed by atoms with Gasteiger partial charge in [0.2, 0.25) is 11.8 Å². The summed E-state index contributed by atoms with van der Waals surface area (Å²) in [6.07, 6.45) is 6.47. The average molecular weight is 345 g/mol. The van der Waals surface area contributed by atoms with E-state index in [4.69, 9.17) is 0 Å². The van der Waals surface area contributed by atoms with E-state index in [0.717, 1.165) is 6.42 Å². The fraction of sp³-hybridized carbons (Fsp3) is 0.800. The molecular weight excluding hydrogens is 320 g/mol. The van der Waals surface area contributed by atoms with Gasteiger partial charge < -0.3 is 16.0 Å². The van der Waals surface area contributed by atoms with Gasteiger partial charge in [-0.2, -0.15) is 0 Å². The molecule has 3 aliphatic rings. The summed E-state index contributed by atoms with van der Waals surface area (Å²) in [7, 11) is 0. The van der Waals surface area contributed by atoms with Crippen molar-refractivity contribution in [3.05, 3.63) is 0 Å². The van der Waals surface area contributed by atoms with Crippen LogP contribution in [0.1, 0.15) is 38.5 Å². The van der Waals surface area contributed by atoms with Gasteiger partial charge in [-0.3, -0.25) is 14.5 Å². The number of fused-ring (bicyclic) bond motifs is 1. The van der Waals surface area contributed by atoms with Crippen LogP contribution in [0.2, 0.25) is 0 Å². The van der Waals surface area contributed by atoms with Gasteiger partial charge in [0.15, 0.2) is 0 Å². The van der Waals surface area contributed by atoms with Crippen LogP contribution >= 0.6 is 12.4 Å². The standard InChI is InChI=1S/C15H24N4O3.ClH/c20-13-9-17-15(22)19(13)7-3-6-16-14(21)12-8-10-4-1-2-5-11(10)18-12;/h10-12,18H,1-9H2,(H,16,21)(H,17,22);1H. The third kappa shape index (κ3) is 4.14. The molecule has 0 bridgehead atoms. The van der Waals surface area contributed by atoms with Gasteiger partial charge in [0.05, 0.1) is 12.6 Å². The highest BCUT2D eigenvalue weighted by molar-refractivity contribution is 6.01. The fourth-order valence-corrected chi connectivity index (χ4v) is 3.77. The van der Waals surface area contributed by atoms with E-state index in [1.165, 1.54) is 30.6 Å². The van der Waals surface area contributed by atoms with Gasteiger partial charge in [-0.05, 0) is 31.6 Å². The number of imide groups is 1. The molecule has 7 nitrogen and oxygen atoms in total. The first-order valence-electron chi connectivity index (χ1n) is 8.27. The zero-order valence-corrected chi connectivity index (χ0v) is 14.0. The highest BCUT2D eigenvalue weighted by Gasteiger charge is 2.38. The van der Waals surface area contributed by atoms with Crippen LogP contribution in [0, 0.1) is 5.92 Å². The molecule has 0 spiro atoms. The molecule has 3 rings (SSSR count). The monoisotopic (exact) mass is 344 g/mol. The van der Waals surface area contributed by atoms with Gasteiger partial charge in [0.1, 0.15) is 0 Å². The summed E-state index contributed by atoms with van der Waals surface area (Å²) in [5, 5.41) is 8.85. The Morgan fingerprint density at radius 2 is 2.04 bits per heavy atom. The molecule has 2 heterocycles. The van der Waals surface area contributed by atoms with Crippen molar-refractivity contribution in [3.63, 3.8) is 0 Å². The molecule has 0 aromatic heterocycles. The summed E-state index contributed by atoms with van der Waals surface area (Å²) in [5.41, 5.74) is 0. The number of rotatable bonds is 5. The molecule has 1 aliphatic carbocycles. The Bertz CT molecular complexity index is 444. The Balaban J connectivity index is 0.00000192. The molecule has 2 saturated heterocycles. The number of carbonyl (C=O) groups is 3. The maximum atomic E-state index is 12.2. The van der Waals surface area contributed by atoms with Crippen LogP contribution in [-0.4, -0.2) is 54.5 Å². The topological polar surface area (TPSA) is 90.5 Å². The summed E-state index contributed by atoms with van der Waals surface area (Å²) < 4.78 is 0. The van der Waals surface area contributed by atoms with Gasteiger partial charge in [0.25, 0.3) is 0 Å². The van der Waals surface area contributed by atoms with E-state index in [-0.39, 0.29) is 42.8 Å². The molecule has 0 aromatic rings. The Labute approximate surface area is 142 Å². The highest BCUT2D eigenvalue weighted by atomic mass is 35.5. The minimum atomic E-state index is -0.335. The van der Waals surface area contributed by atoms with Crippen molar-refractivity contribution in [2.45, 2.75) is 50.6 Å². The largest absolute Gasteiger partial charge is 0.355 e. The van der Waals surface area contributed by atoms with Crippen LogP contribution in [0.25, 0.3) is 0 Å². The number of hydrogen-bond donors (Lipinski definition) is 3. The maximum Gasteiger partial charge on any atom is 0.324 e. The van der Waals surface area contributed by atoms with Crippen molar-refractivity contribution in [3.8, 4) is 0 Å². The predicted octanol–water partition coefficient (Wildman–Crippen LogP) is 0.387. The molecule has 0 radical (unpaired) electrons. The van der Waals surface area contributed by atoms with Gasteiger partial charge in [-0.1, -0.05) is 12.8 Å². The van der Waals surface area contributed by atoms with E-state index in [9.17, 15) is 14.4 Å². The highest BCUT2D eigenvalue weighted by Crippen LogP contribution is 2.33. The quantitative estimate of drug-likeness (QED) is 0.497. The summed E-state index contributed by atoms with van der Waals surface area (Å²) in [4.78, 5) is 36.2. The Morgan fingerprint density at radius 3 is 2.74 bits per heavy atom. The molecule has 4 amide bonds. The van der Waals surface area contributed by atoms with E-state index in [0.29, 0.717) is 31.5 Å². The van der Waals surface area contributed by atoms with Crippen LogP contribution in [0.5, 0.6) is 0 Å². The van der Waals surface area contributed by atoms with Crippen LogP contribution in [0.15, 0.2) is 0 Å². The number of halogens is 1. The van der Waals surface area contributed by atoms with Gasteiger partial charge in [-0.15, -0.1) is 12.4 Å². The first-order valence-corrected chi connectivity index (χ1v) is 8.27. The molecule has 8 heteroatoms. The van der Waals surface area contributed by atoms with E-state index in [1.807, 2.05) is 0 Å². The average Bonchev–Trinajstić information content (AvgIpc) is 3.08. The van der Waals surface area contributed by atoms with E-state index in [2.05, 4.69) is 16.0 Å². The lowest BCUT2D eigenvalue weighted by Crippen LogP contribution is -2.44. The lowest BCUT2D eigenvalue weighted by molar-refractivity contribution is -0.125. The molecule has 23 heavy (non-hydrogen) atoms. The van der Waals surface area contributed by atoms with Gasteiger partial charge >= 0.3 is 6.03 Å². The summed E-state index contributed by atoms with van der Waals surface area (Å²) >= 11 is 0. The molecule has 130 valence electrons. The number of carbonyl (C=O) groups excluding carboxylic acids is 3. The normalized spacial score (nSPS) is 29.7. The lowest BCUT2D eigenvalue weighted by Gasteiger charge is -2.24. The smallest absolute Gasteiger partial charge is 0.324 e. The number of hydrogen-bond acceptors (Lipinski definition) is 4. The zero-order valence-electron chi connectivity index (χ0n) is 13.2. The van der Waals surface area contributed by atoms with Crippen molar-refractivity contribution in [2.75, 3.05) is 19.6 Å². The van der Waals surface area contributed by atoms with E-state index in [1.54, 1.807) is 0 Å². The van der Waals surface area contributed by atoms with Crippen LogP contribution in [0.3, 0.4) is 0 Å². The van der Waals surface area contributed by atoms with Gasteiger partial charge in [-0.25, -0.2) is 4.79 Å². The fourth-order valence-electron chi connectivity index (χ4n) is 3.77. The van der Waals surface area contributed by atoms with Crippen molar-refractivity contribution in [2.24, 2.45) is 5.92 Å². The molecule has 1 saturated carbocycles. The second-order valence-corrected chi connectivity index (χ2v) is 6.45. The second-order valence-electron chi connectivity index (χ2n) is 6.45. The van der Waals surface area contributed by atoms with Crippen molar-refractivity contribution < 1.29 is 14.4 Å². The van der Waals surface area contributed by atoms with Crippen LogP contribution < -0.4 is 16.0 Å². The summed E-state index contributed by atoms with van der Waals surface area (Å²) in [6, 6.07) is 0.0955. The van der Waals surface area contributed by atoms with E-state index < -0.39 is 0 Å². The molecule has 3 atom stereocenters. The van der Waals surface area contributed by atoms with Crippen molar-refractivity contribution in [1.29, 1.82) is 0 Å². The Morgan fingerprint density at radius 1 is 1.26 bits per heavy atom. The summed E-state index contributed by atoms with van der Waals surface area (Å²) in [5.74, 6) is 0.500. The molecule has 3 fully saturated rings. The Hall–Kier alpha value is -1.34. The first-order chi connectivity index (χ1) is 10.6. The number of urea groups is 1. The predicted molar refractivity (Wildman–Crippen MR) is 87.3 cm³/mol. The van der Waals surface area contributed by atoms with Crippen molar-refractivity contribution >= 4 is 30.3 Å². The van der Waals surface area contributed by atoms with Gasteiger partial charge in [0, 0.05) is 19.1 Å².